The fraction of sp³-hybridized carbons (Fsp3) is 0.700. The lowest BCUT2D eigenvalue weighted by Gasteiger charge is -2.33. The van der Waals surface area contributed by atoms with Crippen molar-refractivity contribution in [2.75, 3.05) is 0 Å². The predicted octanol–water partition coefficient (Wildman–Crippen LogP) is 1.54. The molecule has 2 heteroatoms. The zero-order valence-corrected chi connectivity index (χ0v) is 7.87. The van der Waals surface area contributed by atoms with Crippen LogP contribution in [0.1, 0.15) is 27.2 Å². The van der Waals surface area contributed by atoms with E-state index in [1.165, 1.54) is 0 Å². The first-order chi connectivity index (χ1) is 5.41. The topological polar surface area (TPSA) is 37.3 Å². The summed E-state index contributed by atoms with van der Waals surface area (Å²) in [6.45, 7) is 5.58. The summed E-state index contributed by atoms with van der Waals surface area (Å²) in [5, 5.41) is 9.74. The maximum Gasteiger partial charge on any atom is 0.155 e. The highest BCUT2D eigenvalue weighted by molar-refractivity contribution is 5.90. The molecule has 0 aromatic heterocycles. The molecule has 0 aromatic rings. The summed E-state index contributed by atoms with van der Waals surface area (Å²) in [6.07, 6.45) is 3.98. The van der Waals surface area contributed by atoms with Crippen molar-refractivity contribution in [2.24, 2.45) is 11.8 Å². The van der Waals surface area contributed by atoms with Crippen molar-refractivity contribution in [3.05, 3.63) is 12.2 Å². The average molecular weight is 168 g/mol. The second-order valence-corrected chi connectivity index (χ2v) is 4.19. The minimum absolute atomic E-state index is 0.107. The van der Waals surface area contributed by atoms with Gasteiger partial charge in [0.05, 0.1) is 5.60 Å². The quantitative estimate of drug-likeness (QED) is 0.644. The molecule has 1 rings (SSSR count). The number of rotatable bonds is 1. The van der Waals surface area contributed by atoms with E-state index in [9.17, 15) is 9.90 Å². The second kappa shape index (κ2) is 3.02. The molecule has 0 heterocycles. The van der Waals surface area contributed by atoms with E-state index >= 15 is 0 Å². The lowest BCUT2D eigenvalue weighted by atomic mass is 9.76. The van der Waals surface area contributed by atoms with Crippen LogP contribution < -0.4 is 0 Å². The van der Waals surface area contributed by atoms with Gasteiger partial charge in [0, 0.05) is 12.3 Å². The normalized spacial score (nSPS) is 30.8. The van der Waals surface area contributed by atoms with Crippen molar-refractivity contribution in [3.8, 4) is 0 Å². The van der Waals surface area contributed by atoms with Crippen molar-refractivity contribution in [3.63, 3.8) is 0 Å². The summed E-state index contributed by atoms with van der Waals surface area (Å²) in [4.78, 5) is 11.0. The van der Waals surface area contributed by atoms with Gasteiger partial charge in [0.15, 0.2) is 5.78 Å². The van der Waals surface area contributed by atoms with Crippen LogP contribution in [0.25, 0.3) is 0 Å². The molecule has 0 bridgehead atoms. The predicted molar refractivity (Wildman–Crippen MR) is 47.7 cm³/mol. The van der Waals surface area contributed by atoms with Crippen molar-refractivity contribution in [1.29, 1.82) is 0 Å². The van der Waals surface area contributed by atoms with Gasteiger partial charge in [-0.15, -0.1) is 0 Å². The van der Waals surface area contributed by atoms with E-state index in [4.69, 9.17) is 0 Å². The molecule has 0 fully saturated rings. The number of carbonyl (C=O) groups excluding carboxylic acids is 1. The molecule has 2 nitrogen and oxygen atoms in total. The Morgan fingerprint density at radius 3 is 2.58 bits per heavy atom. The van der Waals surface area contributed by atoms with Crippen LogP contribution in [0.2, 0.25) is 0 Å². The summed E-state index contributed by atoms with van der Waals surface area (Å²) in [5.41, 5.74) is -0.712. The van der Waals surface area contributed by atoms with E-state index in [0.717, 1.165) is 0 Å². The van der Waals surface area contributed by atoms with E-state index in [1.807, 2.05) is 13.0 Å². The van der Waals surface area contributed by atoms with Crippen LogP contribution in [0.15, 0.2) is 12.2 Å². The monoisotopic (exact) mass is 168 g/mol. The van der Waals surface area contributed by atoms with Gasteiger partial charge in [0.1, 0.15) is 0 Å². The third-order valence-corrected chi connectivity index (χ3v) is 2.44. The number of allylic oxidation sites excluding steroid dienone is 1. The molecule has 0 aromatic carbocycles. The third-order valence-electron chi connectivity index (χ3n) is 2.44. The van der Waals surface area contributed by atoms with E-state index in [2.05, 4.69) is 0 Å². The molecule has 0 radical (unpaired) electrons. The third kappa shape index (κ3) is 1.95. The molecule has 0 saturated heterocycles. The molecule has 12 heavy (non-hydrogen) atoms. The molecule has 2 unspecified atom stereocenters. The average Bonchev–Trinajstić information content (AvgIpc) is 1.83. The summed E-state index contributed by atoms with van der Waals surface area (Å²) < 4.78 is 0. The Morgan fingerprint density at radius 1 is 1.58 bits per heavy atom. The molecule has 2 atom stereocenters. The number of ketones is 1. The van der Waals surface area contributed by atoms with E-state index in [0.29, 0.717) is 6.42 Å². The Kier molecular flexibility index (Phi) is 2.38. The minimum atomic E-state index is -0.712. The van der Waals surface area contributed by atoms with Crippen molar-refractivity contribution < 1.29 is 9.90 Å². The molecule has 1 aliphatic rings. The van der Waals surface area contributed by atoms with Gasteiger partial charge in [-0.05, 0) is 25.8 Å². The van der Waals surface area contributed by atoms with E-state index in [-0.39, 0.29) is 17.6 Å². The first kappa shape index (κ1) is 9.46. The Bertz CT molecular complexity index is 210. The van der Waals surface area contributed by atoms with Crippen molar-refractivity contribution in [2.45, 2.75) is 32.8 Å². The summed E-state index contributed by atoms with van der Waals surface area (Å²) in [5.74, 6) is 0.528. The Labute approximate surface area is 73.3 Å². The molecule has 68 valence electrons. The van der Waals surface area contributed by atoms with Gasteiger partial charge in [-0.2, -0.15) is 0 Å². The van der Waals surface area contributed by atoms with Gasteiger partial charge in [-0.3, -0.25) is 4.79 Å². The second-order valence-electron chi connectivity index (χ2n) is 4.19. The van der Waals surface area contributed by atoms with Gasteiger partial charge in [0.25, 0.3) is 0 Å². The zero-order valence-electron chi connectivity index (χ0n) is 7.87. The highest BCUT2D eigenvalue weighted by Gasteiger charge is 2.32. The highest BCUT2D eigenvalue weighted by atomic mass is 16.3. The van der Waals surface area contributed by atoms with Gasteiger partial charge >= 0.3 is 0 Å². The first-order valence-electron chi connectivity index (χ1n) is 4.34. The standard InChI is InChI=1S/C10H16O2/c1-7-6-8(11)4-5-9(7)10(2,3)12/h4-5,7,9,12H,6H2,1-3H3. The van der Waals surface area contributed by atoms with Gasteiger partial charge in [-0.1, -0.05) is 13.0 Å². The SMILES string of the molecule is CC1CC(=O)C=CC1C(C)(C)O. The number of carbonyl (C=O) groups is 1. The largest absolute Gasteiger partial charge is 0.390 e. The molecule has 1 aliphatic carbocycles. The summed E-state index contributed by atoms with van der Waals surface area (Å²) >= 11 is 0. The van der Waals surface area contributed by atoms with Crippen LogP contribution >= 0.6 is 0 Å². The molecule has 1 N–H and O–H groups in total. The maximum absolute atomic E-state index is 11.0. The molecule has 0 amide bonds. The van der Waals surface area contributed by atoms with Crippen LogP contribution in [0.5, 0.6) is 0 Å². The van der Waals surface area contributed by atoms with E-state index < -0.39 is 5.60 Å². The molecular formula is C10H16O2. The summed E-state index contributed by atoms with van der Waals surface area (Å²) in [6, 6.07) is 0. The van der Waals surface area contributed by atoms with Gasteiger partial charge < -0.3 is 5.11 Å². The smallest absolute Gasteiger partial charge is 0.155 e. The van der Waals surface area contributed by atoms with Gasteiger partial charge in [-0.25, -0.2) is 0 Å². The fourth-order valence-corrected chi connectivity index (χ4v) is 1.84. The molecule has 0 aliphatic heterocycles. The van der Waals surface area contributed by atoms with Crippen LogP contribution in [0.3, 0.4) is 0 Å². The number of hydrogen-bond acceptors (Lipinski definition) is 2. The number of aliphatic hydroxyl groups is 1. The maximum atomic E-state index is 11.0. The lowest BCUT2D eigenvalue weighted by Crippen LogP contribution is -2.36. The first-order valence-corrected chi connectivity index (χ1v) is 4.34. The Balaban J connectivity index is 2.80. The van der Waals surface area contributed by atoms with Crippen molar-refractivity contribution >= 4 is 5.78 Å². The number of hydrogen-bond donors (Lipinski definition) is 1. The zero-order chi connectivity index (χ0) is 9.35. The van der Waals surface area contributed by atoms with Crippen LogP contribution in [-0.4, -0.2) is 16.5 Å². The van der Waals surface area contributed by atoms with Crippen molar-refractivity contribution in [1.82, 2.24) is 0 Å². The van der Waals surface area contributed by atoms with Crippen LogP contribution in [-0.2, 0) is 4.79 Å². The van der Waals surface area contributed by atoms with Crippen LogP contribution in [0.4, 0.5) is 0 Å². The van der Waals surface area contributed by atoms with Gasteiger partial charge in [0.2, 0.25) is 0 Å². The van der Waals surface area contributed by atoms with E-state index in [1.54, 1.807) is 19.9 Å². The summed E-state index contributed by atoms with van der Waals surface area (Å²) in [7, 11) is 0. The Morgan fingerprint density at radius 2 is 2.17 bits per heavy atom. The highest BCUT2D eigenvalue weighted by Crippen LogP contribution is 2.31. The lowest BCUT2D eigenvalue weighted by molar-refractivity contribution is -0.117. The minimum Gasteiger partial charge on any atom is -0.390 e. The van der Waals surface area contributed by atoms with Crippen LogP contribution in [0, 0.1) is 11.8 Å². The molecule has 0 spiro atoms. The Hall–Kier alpha value is -0.630. The molecular weight excluding hydrogens is 152 g/mol. The fourth-order valence-electron chi connectivity index (χ4n) is 1.84. The molecule has 0 saturated carbocycles.